The van der Waals surface area contributed by atoms with Crippen LogP contribution in [0.3, 0.4) is 0 Å². The predicted molar refractivity (Wildman–Crippen MR) is 41.2 cm³/mol. The van der Waals surface area contributed by atoms with E-state index in [0.717, 1.165) is 6.54 Å². The van der Waals surface area contributed by atoms with Crippen molar-refractivity contribution in [2.75, 3.05) is 27.2 Å². The normalized spacial score (nSPS) is 12.4. The van der Waals surface area contributed by atoms with Gasteiger partial charge in [0.15, 0.2) is 0 Å². The van der Waals surface area contributed by atoms with Crippen molar-refractivity contribution < 1.29 is 12.3 Å². The van der Waals surface area contributed by atoms with Crippen molar-refractivity contribution in [3.8, 4) is 0 Å². The highest BCUT2D eigenvalue weighted by molar-refractivity contribution is 7.84. The van der Waals surface area contributed by atoms with Gasteiger partial charge in [0.1, 0.15) is 0 Å². The van der Waals surface area contributed by atoms with Gasteiger partial charge < -0.3 is 4.90 Å². The van der Waals surface area contributed by atoms with Crippen molar-refractivity contribution >= 4 is 10.4 Å². The first kappa shape index (κ1) is 10.8. The van der Waals surface area contributed by atoms with Gasteiger partial charge >= 0.3 is 10.4 Å². The van der Waals surface area contributed by atoms with E-state index in [0.29, 0.717) is 6.42 Å². The van der Waals surface area contributed by atoms with Gasteiger partial charge in [-0.05, 0) is 27.1 Å². The lowest BCUT2D eigenvalue weighted by Crippen LogP contribution is -2.24. The first-order valence-electron chi connectivity index (χ1n) is 3.26. The molecule has 0 aromatic carbocycles. The van der Waals surface area contributed by atoms with E-state index in [-0.39, 0.29) is 6.54 Å². The summed E-state index contributed by atoms with van der Waals surface area (Å²) < 4.78 is 33.3. The van der Waals surface area contributed by atoms with Crippen molar-refractivity contribution in [2.45, 2.75) is 6.42 Å². The molecule has 0 aromatic rings. The van der Waals surface area contributed by atoms with Crippen molar-refractivity contribution in [1.82, 2.24) is 9.62 Å². The Labute approximate surface area is 66.7 Å². The zero-order chi connectivity index (χ0) is 8.91. The summed E-state index contributed by atoms with van der Waals surface area (Å²) >= 11 is 0. The Hall–Kier alpha value is -0.200. The molecule has 0 rings (SSSR count). The highest BCUT2D eigenvalue weighted by atomic mass is 32.3. The summed E-state index contributed by atoms with van der Waals surface area (Å²) in [5.74, 6) is 0. The third kappa shape index (κ3) is 9.80. The summed E-state index contributed by atoms with van der Waals surface area (Å²) in [4.78, 5) is 1.90. The van der Waals surface area contributed by atoms with Crippen LogP contribution in [-0.2, 0) is 10.4 Å². The van der Waals surface area contributed by atoms with E-state index in [4.69, 9.17) is 0 Å². The molecule has 0 saturated carbocycles. The molecular weight excluding hydrogens is 171 g/mol. The average molecular weight is 184 g/mol. The van der Waals surface area contributed by atoms with E-state index in [9.17, 15) is 12.3 Å². The van der Waals surface area contributed by atoms with Crippen LogP contribution in [0.2, 0.25) is 0 Å². The summed E-state index contributed by atoms with van der Waals surface area (Å²) in [6.45, 7) is 0.888. The molecule has 0 aromatic heterocycles. The van der Waals surface area contributed by atoms with Gasteiger partial charge in [0.05, 0.1) is 0 Å². The SMILES string of the molecule is CN(C)CCCNS(=O)(=O)F. The van der Waals surface area contributed by atoms with Gasteiger partial charge in [0, 0.05) is 6.54 Å². The van der Waals surface area contributed by atoms with E-state index in [1.807, 2.05) is 19.0 Å². The van der Waals surface area contributed by atoms with Crippen LogP contribution in [0, 0.1) is 0 Å². The molecule has 6 heteroatoms. The lowest BCUT2D eigenvalue weighted by molar-refractivity contribution is 0.399. The quantitative estimate of drug-likeness (QED) is 0.473. The van der Waals surface area contributed by atoms with Gasteiger partial charge in [-0.15, -0.1) is 0 Å². The molecule has 11 heavy (non-hydrogen) atoms. The van der Waals surface area contributed by atoms with E-state index in [1.165, 1.54) is 0 Å². The van der Waals surface area contributed by atoms with Gasteiger partial charge in [0.25, 0.3) is 0 Å². The van der Waals surface area contributed by atoms with E-state index >= 15 is 0 Å². The lowest BCUT2D eigenvalue weighted by atomic mass is 10.4. The minimum absolute atomic E-state index is 0.150. The molecule has 0 saturated heterocycles. The highest BCUT2D eigenvalue weighted by Gasteiger charge is 2.03. The Morgan fingerprint density at radius 3 is 2.36 bits per heavy atom. The first-order chi connectivity index (χ1) is 4.92. The Morgan fingerprint density at radius 2 is 2.00 bits per heavy atom. The number of nitrogens with one attached hydrogen (secondary N) is 1. The molecule has 0 aliphatic heterocycles. The zero-order valence-corrected chi connectivity index (χ0v) is 7.49. The molecule has 0 amide bonds. The van der Waals surface area contributed by atoms with Crippen molar-refractivity contribution in [1.29, 1.82) is 0 Å². The van der Waals surface area contributed by atoms with Gasteiger partial charge in [0.2, 0.25) is 0 Å². The van der Waals surface area contributed by atoms with Crippen LogP contribution < -0.4 is 4.72 Å². The second-order valence-electron chi connectivity index (χ2n) is 2.49. The molecule has 0 unspecified atom stereocenters. The van der Waals surface area contributed by atoms with Crippen LogP contribution in [0.15, 0.2) is 0 Å². The first-order valence-corrected chi connectivity index (χ1v) is 4.64. The van der Waals surface area contributed by atoms with Crippen molar-refractivity contribution in [3.63, 3.8) is 0 Å². The molecular formula is C5H13FN2O2S. The van der Waals surface area contributed by atoms with Gasteiger partial charge in [-0.1, -0.05) is 3.89 Å². The molecule has 0 spiro atoms. The van der Waals surface area contributed by atoms with Crippen molar-refractivity contribution in [3.05, 3.63) is 0 Å². The Morgan fingerprint density at radius 1 is 1.45 bits per heavy atom. The summed E-state index contributed by atoms with van der Waals surface area (Å²) in [7, 11) is -0.761. The number of rotatable bonds is 5. The Kier molecular flexibility index (Phi) is 4.55. The number of hydrogen-bond acceptors (Lipinski definition) is 3. The zero-order valence-electron chi connectivity index (χ0n) is 6.67. The van der Waals surface area contributed by atoms with Crippen LogP contribution in [0.1, 0.15) is 6.42 Å². The van der Waals surface area contributed by atoms with Crippen LogP contribution >= 0.6 is 0 Å². The van der Waals surface area contributed by atoms with Crippen LogP contribution in [0.5, 0.6) is 0 Å². The third-order valence-corrected chi connectivity index (χ3v) is 1.61. The van der Waals surface area contributed by atoms with E-state index < -0.39 is 10.4 Å². The number of nitrogens with zero attached hydrogens (tertiary/aromatic N) is 1. The van der Waals surface area contributed by atoms with Gasteiger partial charge in [-0.3, -0.25) is 0 Å². The molecule has 0 bridgehead atoms. The molecule has 0 heterocycles. The number of hydrogen-bond donors (Lipinski definition) is 1. The second-order valence-corrected chi connectivity index (χ2v) is 3.65. The smallest absolute Gasteiger partial charge is 0.309 e. The van der Waals surface area contributed by atoms with Crippen LogP contribution in [-0.4, -0.2) is 40.5 Å². The monoisotopic (exact) mass is 184 g/mol. The standard InChI is InChI=1S/C5H13FN2O2S/c1-8(2)5-3-4-7-11(6,9)10/h7H,3-5H2,1-2H3. The Bertz CT molecular complexity index is 191. The largest absolute Gasteiger partial charge is 0.372 e. The maximum Gasteiger partial charge on any atom is 0.372 e. The fourth-order valence-electron chi connectivity index (χ4n) is 0.589. The third-order valence-electron chi connectivity index (χ3n) is 1.06. The molecule has 4 nitrogen and oxygen atoms in total. The molecule has 0 atom stereocenters. The molecule has 68 valence electrons. The predicted octanol–water partition coefficient (Wildman–Crippen LogP) is -0.258. The Balaban J connectivity index is 3.30. The van der Waals surface area contributed by atoms with Crippen LogP contribution in [0.25, 0.3) is 0 Å². The molecule has 0 fully saturated rings. The summed E-state index contributed by atoms with van der Waals surface area (Å²) in [6, 6.07) is 0. The fraction of sp³-hybridized carbons (Fsp3) is 1.00. The van der Waals surface area contributed by atoms with Crippen LogP contribution in [0.4, 0.5) is 3.89 Å². The second kappa shape index (κ2) is 4.63. The van der Waals surface area contributed by atoms with Crippen molar-refractivity contribution in [2.24, 2.45) is 0 Å². The minimum atomic E-state index is -4.49. The van der Waals surface area contributed by atoms with Gasteiger partial charge in [-0.2, -0.15) is 13.1 Å². The van der Waals surface area contributed by atoms with E-state index in [2.05, 4.69) is 0 Å². The summed E-state index contributed by atoms with van der Waals surface area (Å²) in [5, 5.41) is 0. The molecule has 0 aliphatic rings. The number of halogens is 1. The molecule has 1 N–H and O–H groups in total. The minimum Gasteiger partial charge on any atom is -0.309 e. The van der Waals surface area contributed by atoms with Gasteiger partial charge in [-0.25, -0.2) is 0 Å². The highest BCUT2D eigenvalue weighted by Crippen LogP contribution is 1.85. The fourth-order valence-corrected chi connectivity index (χ4v) is 0.978. The van der Waals surface area contributed by atoms with E-state index in [1.54, 1.807) is 4.72 Å². The maximum atomic E-state index is 11.8. The lowest BCUT2D eigenvalue weighted by Gasteiger charge is -2.07. The maximum absolute atomic E-state index is 11.8. The molecule has 0 radical (unpaired) electrons. The topological polar surface area (TPSA) is 49.4 Å². The average Bonchev–Trinajstić information content (AvgIpc) is 1.78. The molecule has 0 aliphatic carbocycles. The summed E-state index contributed by atoms with van der Waals surface area (Å²) in [6.07, 6.45) is 0.607. The summed E-state index contributed by atoms with van der Waals surface area (Å²) in [5.41, 5.74) is 0.